The Hall–Kier alpha value is -1.65. The van der Waals surface area contributed by atoms with E-state index in [0.717, 1.165) is 6.42 Å². The van der Waals surface area contributed by atoms with Crippen LogP contribution in [0.2, 0.25) is 0 Å². The normalized spacial score (nSPS) is 53.0. The van der Waals surface area contributed by atoms with E-state index in [0.29, 0.717) is 0 Å². The van der Waals surface area contributed by atoms with Crippen LogP contribution in [0.25, 0.3) is 0 Å². The fourth-order valence-corrected chi connectivity index (χ4v) is 5.84. The molecular weight excluding hydrogens is 260 g/mol. The van der Waals surface area contributed by atoms with Gasteiger partial charge in [0, 0.05) is 0 Å². The Morgan fingerprint density at radius 1 is 1.15 bits per heavy atom. The lowest BCUT2D eigenvalue weighted by molar-refractivity contribution is -0.217. The molecular formula is C15H16O5. The van der Waals surface area contributed by atoms with Gasteiger partial charge in [0.05, 0.1) is 26.1 Å². The Morgan fingerprint density at radius 2 is 1.75 bits per heavy atom. The zero-order valence-corrected chi connectivity index (χ0v) is 11.6. The van der Waals surface area contributed by atoms with Crippen molar-refractivity contribution in [1.82, 2.24) is 0 Å². The molecule has 106 valence electrons. The molecule has 0 N–H and O–H groups in total. The second-order valence-electron chi connectivity index (χ2n) is 6.58. The Labute approximate surface area is 116 Å². The molecule has 4 aliphatic carbocycles. The fourth-order valence-electron chi connectivity index (χ4n) is 5.84. The Balaban J connectivity index is 2.01. The molecule has 4 rings (SSSR count). The molecule has 5 heteroatoms. The summed E-state index contributed by atoms with van der Waals surface area (Å²) in [4.78, 5) is 37.6. The second kappa shape index (κ2) is 3.00. The van der Waals surface area contributed by atoms with Gasteiger partial charge in [0.2, 0.25) is 0 Å². The molecule has 3 fully saturated rings. The first-order chi connectivity index (χ1) is 9.44. The van der Waals surface area contributed by atoms with E-state index in [1.54, 1.807) is 12.2 Å². The molecule has 0 spiro atoms. The van der Waals surface area contributed by atoms with Gasteiger partial charge in [-0.15, -0.1) is 0 Å². The van der Waals surface area contributed by atoms with Gasteiger partial charge in [-0.2, -0.15) is 0 Å². The number of ketones is 1. The van der Waals surface area contributed by atoms with Crippen molar-refractivity contribution in [3.63, 3.8) is 0 Å². The van der Waals surface area contributed by atoms with E-state index in [-0.39, 0.29) is 17.1 Å². The number of methoxy groups -OCH3 is 2. The van der Waals surface area contributed by atoms with Gasteiger partial charge in [0.15, 0.2) is 0 Å². The predicted octanol–water partition coefficient (Wildman–Crippen LogP) is 0.730. The topological polar surface area (TPSA) is 69.7 Å². The molecule has 0 aromatic rings. The van der Waals surface area contributed by atoms with Crippen LogP contribution in [0.3, 0.4) is 0 Å². The van der Waals surface area contributed by atoms with Crippen LogP contribution in [0.5, 0.6) is 0 Å². The number of hydrogen-bond donors (Lipinski definition) is 0. The average Bonchev–Trinajstić information content (AvgIpc) is 2.84. The monoisotopic (exact) mass is 276 g/mol. The van der Waals surface area contributed by atoms with Gasteiger partial charge in [0.25, 0.3) is 0 Å². The number of fused-ring (bicyclic) bond motifs is 8. The molecule has 0 amide bonds. The molecule has 0 aromatic heterocycles. The van der Waals surface area contributed by atoms with E-state index in [1.807, 2.05) is 6.92 Å². The second-order valence-corrected chi connectivity index (χ2v) is 6.58. The highest BCUT2D eigenvalue weighted by Crippen LogP contribution is 2.93. The maximum atomic E-state index is 12.6. The Bertz CT molecular complexity index is 607. The lowest BCUT2D eigenvalue weighted by Crippen LogP contribution is -2.69. The molecule has 0 radical (unpaired) electrons. The largest absolute Gasteiger partial charge is 0.469 e. The minimum absolute atomic E-state index is 0.0331. The summed E-state index contributed by atoms with van der Waals surface area (Å²) in [7, 11) is 2.63. The van der Waals surface area contributed by atoms with Gasteiger partial charge in [-0.05, 0) is 17.8 Å². The molecule has 6 atom stereocenters. The van der Waals surface area contributed by atoms with Crippen LogP contribution in [0.15, 0.2) is 12.2 Å². The van der Waals surface area contributed by atoms with Crippen LogP contribution in [0, 0.1) is 34.0 Å². The van der Waals surface area contributed by atoms with Crippen molar-refractivity contribution in [1.29, 1.82) is 0 Å². The van der Waals surface area contributed by atoms with Crippen LogP contribution < -0.4 is 0 Å². The maximum Gasteiger partial charge on any atom is 0.314 e. The number of ether oxygens (including phenoxy) is 2. The zero-order valence-electron chi connectivity index (χ0n) is 11.6. The van der Waals surface area contributed by atoms with Crippen molar-refractivity contribution in [2.24, 2.45) is 34.0 Å². The highest BCUT2D eigenvalue weighted by molar-refractivity contribution is 6.10. The van der Waals surface area contributed by atoms with Crippen LogP contribution in [0.1, 0.15) is 13.3 Å². The van der Waals surface area contributed by atoms with E-state index in [4.69, 9.17) is 9.47 Å². The van der Waals surface area contributed by atoms with E-state index in [1.165, 1.54) is 14.2 Å². The van der Waals surface area contributed by atoms with Gasteiger partial charge in [-0.3, -0.25) is 14.4 Å². The molecule has 0 heterocycles. The number of carbonyl (C=O) groups is 3. The van der Waals surface area contributed by atoms with E-state index in [2.05, 4.69) is 0 Å². The van der Waals surface area contributed by atoms with Crippen molar-refractivity contribution in [3.8, 4) is 0 Å². The minimum atomic E-state index is -1.05. The zero-order chi connectivity index (χ0) is 14.5. The first-order valence-corrected chi connectivity index (χ1v) is 6.83. The molecule has 5 nitrogen and oxygen atoms in total. The molecule has 0 saturated heterocycles. The van der Waals surface area contributed by atoms with Crippen molar-refractivity contribution in [2.45, 2.75) is 13.3 Å². The SMILES string of the molecule is COC(=O)C12C3C=CC(C3=O)C1(C(=O)OC)C1(C)CC12. The molecule has 2 bridgehead atoms. The van der Waals surface area contributed by atoms with E-state index < -0.39 is 34.6 Å². The molecule has 20 heavy (non-hydrogen) atoms. The summed E-state index contributed by atoms with van der Waals surface area (Å²) < 4.78 is 10.00. The lowest BCUT2D eigenvalue weighted by Gasteiger charge is -2.58. The fraction of sp³-hybridized carbons (Fsp3) is 0.667. The summed E-state index contributed by atoms with van der Waals surface area (Å²) in [6.07, 6.45) is 4.34. The Kier molecular flexibility index (Phi) is 1.81. The average molecular weight is 276 g/mol. The quantitative estimate of drug-likeness (QED) is 0.549. The van der Waals surface area contributed by atoms with Gasteiger partial charge < -0.3 is 9.47 Å². The Morgan fingerprint density at radius 3 is 2.35 bits per heavy atom. The molecule has 4 aliphatic rings. The van der Waals surface area contributed by atoms with Gasteiger partial charge in [-0.25, -0.2) is 0 Å². The van der Waals surface area contributed by atoms with Crippen LogP contribution in [0.4, 0.5) is 0 Å². The number of hydrogen-bond acceptors (Lipinski definition) is 5. The van der Waals surface area contributed by atoms with Crippen molar-refractivity contribution in [3.05, 3.63) is 12.2 Å². The third-order valence-electron chi connectivity index (χ3n) is 6.44. The number of allylic oxidation sites excluding steroid dienone is 2. The molecule has 6 unspecified atom stereocenters. The number of carbonyl (C=O) groups excluding carboxylic acids is 3. The minimum Gasteiger partial charge on any atom is -0.469 e. The number of rotatable bonds is 2. The lowest BCUT2D eigenvalue weighted by atomic mass is 9.40. The molecule has 0 aliphatic heterocycles. The van der Waals surface area contributed by atoms with Crippen molar-refractivity contribution >= 4 is 17.7 Å². The predicted molar refractivity (Wildman–Crippen MR) is 66.2 cm³/mol. The van der Waals surface area contributed by atoms with Crippen LogP contribution in [-0.4, -0.2) is 31.9 Å². The van der Waals surface area contributed by atoms with Gasteiger partial charge in [0.1, 0.15) is 16.6 Å². The first kappa shape index (κ1) is 12.1. The standard InChI is InChI=1S/C15H16O5/c1-13-6-9(13)14(11(17)19-2)7-4-5-8(10(7)16)15(13,14)12(18)20-3/h4-5,7-9H,6H2,1-3H3. The van der Waals surface area contributed by atoms with Crippen molar-refractivity contribution in [2.75, 3.05) is 14.2 Å². The summed E-state index contributed by atoms with van der Waals surface area (Å²) in [5.41, 5.74) is -2.39. The number of Topliss-reactive ketones (excluding diaryl/α,β-unsaturated/α-hetero) is 1. The molecule has 0 aromatic carbocycles. The summed E-state index contributed by atoms with van der Waals surface area (Å²) >= 11 is 0. The van der Waals surface area contributed by atoms with E-state index in [9.17, 15) is 14.4 Å². The van der Waals surface area contributed by atoms with Crippen LogP contribution in [-0.2, 0) is 23.9 Å². The summed E-state index contributed by atoms with van der Waals surface area (Å²) in [5.74, 6) is -1.93. The smallest absolute Gasteiger partial charge is 0.314 e. The third-order valence-corrected chi connectivity index (χ3v) is 6.44. The van der Waals surface area contributed by atoms with Crippen LogP contribution >= 0.6 is 0 Å². The highest BCUT2D eigenvalue weighted by Gasteiger charge is 2.99. The summed E-state index contributed by atoms with van der Waals surface area (Å²) in [6, 6.07) is 0. The summed E-state index contributed by atoms with van der Waals surface area (Å²) in [5, 5.41) is 0. The third kappa shape index (κ3) is 0.736. The molecule has 3 saturated carbocycles. The van der Waals surface area contributed by atoms with Gasteiger partial charge >= 0.3 is 11.9 Å². The maximum absolute atomic E-state index is 12.6. The highest BCUT2D eigenvalue weighted by atomic mass is 16.5. The first-order valence-electron chi connectivity index (χ1n) is 6.83. The van der Waals surface area contributed by atoms with E-state index >= 15 is 0 Å². The van der Waals surface area contributed by atoms with Gasteiger partial charge in [-0.1, -0.05) is 19.1 Å². The van der Waals surface area contributed by atoms with Crippen molar-refractivity contribution < 1.29 is 23.9 Å². The summed E-state index contributed by atoms with van der Waals surface area (Å²) in [6.45, 7) is 1.98. The number of esters is 2.